The molecular formula is C27H25N3O2S2. The van der Waals surface area contributed by atoms with E-state index >= 15 is 0 Å². The van der Waals surface area contributed by atoms with Gasteiger partial charge in [-0.1, -0.05) is 18.2 Å². The summed E-state index contributed by atoms with van der Waals surface area (Å²) in [6.07, 6.45) is 5.32. The van der Waals surface area contributed by atoms with Crippen molar-refractivity contribution in [2.75, 3.05) is 11.9 Å². The highest BCUT2D eigenvalue weighted by Gasteiger charge is 2.29. The number of thiophene rings is 1. The van der Waals surface area contributed by atoms with E-state index in [1.807, 2.05) is 29.2 Å². The van der Waals surface area contributed by atoms with Crippen molar-refractivity contribution in [3.63, 3.8) is 0 Å². The summed E-state index contributed by atoms with van der Waals surface area (Å²) in [5.74, 6) is -0.00186. The minimum absolute atomic E-state index is 0.0835. The quantitative estimate of drug-likeness (QED) is 0.382. The van der Waals surface area contributed by atoms with Crippen LogP contribution in [0, 0.1) is 0 Å². The Kier molecular flexibility index (Phi) is 5.46. The fraction of sp³-hybridized carbons (Fsp3) is 0.296. The molecule has 0 unspecified atom stereocenters. The maximum atomic E-state index is 13.4. The molecule has 0 fully saturated rings. The molecule has 2 amide bonds. The summed E-state index contributed by atoms with van der Waals surface area (Å²) in [6, 6.07) is 14.3. The van der Waals surface area contributed by atoms with Crippen LogP contribution in [0.3, 0.4) is 0 Å². The first-order valence-electron chi connectivity index (χ1n) is 11.8. The molecule has 0 spiro atoms. The fourth-order valence-electron chi connectivity index (χ4n) is 5.02. The molecule has 7 heteroatoms. The number of aryl methyl sites for hydroxylation is 2. The van der Waals surface area contributed by atoms with Crippen LogP contribution in [-0.4, -0.2) is 28.2 Å². The Labute approximate surface area is 206 Å². The lowest BCUT2D eigenvalue weighted by Crippen LogP contribution is -2.33. The smallest absolute Gasteiger partial charge is 0.256 e. The average molecular weight is 488 g/mol. The van der Waals surface area contributed by atoms with Crippen molar-refractivity contribution >= 4 is 49.7 Å². The lowest BCUT2D eigenvalue weighted by atomic mass is 9.90. The summed E-state index contributed by atoms with van der Waals surface area (Å²) in [5.41, 5.74) is 6.57. The van der Waals surface area contributed by atoms with Crippen molar-refractivity contribution in [3.05, 3.63) is 69.6 Å². The Hall–Kier alpha value is -3.03. The molecule has 0 atom stereocenters. The molecule has 1 N–H and O–H groups in total. The van der Waals surface area contributed by atoms with Gasteiger partial charge in [0.05, 0.1) is 16.8 Å². The zero-order valence-electron chi connectivity index (χ0n) is 19.0. The van der Waals surface area contributed by atoms with Crippen LogP contribution in [0.4, 0.5) is 5.00 Å². The van der Waals surface area contributed by atoms with Gasteiger partial charge in [0.1, 0.15) is 10.0 Å². The topological polar surface area (TPSA) is 62.3 Å². The summed E-state index contributed by atoms with van der Waals surface area (Å²) >= 11 is 3.23. The number of anilines is 1. The monoisotopic (exact) mass is 487 g/mol. The van der Waals surface area contributed by atoms with Gasteiger partial charge in [-0.15, -0.1) is 22.7 Å². The number of fused-ring (bicyclic) bond motifs is 3. The summed E-state index contributed by atoms with van der Waals surface area (Å²) in [4.78, 5) is 33.3. The Morgan fingerprint density at radius 3 is 2.65 bits per heavy atom. The van der Waals surface area contributed by atoms with Gasteiger partial charge in [0, 0.05) is 29.5 Å². The lowest BCUT2D eigenvalue weighted by Gasteiger charge is -2.26. The third-order valence-electron chi connectivity index (χ3n) is 6.85. The van der Waals surface area contributed by atoms with Gasteiger partial charge in [-0.25, -0.2) is 4.98 Å². The van der Waals surface area contributed by atoms with Crippen molar-refractivity contribution in [2.24, 2.45) is 0 Å². The number of carbonyl (C=O) groups excluding carboxylic acids is 2. The zero-order valence-corrected chi connectivity index (χ0v) is 20.7. The Balaban J connectivity index is 1.40. The Morgan fingerprint density at radius 2 is 1.82 bits per heavy atom. The van der Waals surface area contributed by atoms with E-state index in [1.54, 1.807) is 29.6 Å². The molecule has 1 aliphatic carbocycles. The number of para-hydroxylation sites is 1. The summed E-state index contributed by atoms with van der Waals surface area (Å²) in [5, 5.41) is 4.98. The van der Waals surface area contributed by atoms with E-state index in [2.05, 4.69) is 23.5 Å². The van der Waals surface area contributed by atoms with Crippen molar-refractivity contribution in [3.8, 4) is 10.6 Å². The van der Waals surface area contributed by atoms with Crippen LogP contribution in [0.15, 0.2) is 42.5 Å². The number of carbonyl (C=O) groups is 2. The van der Waals surface area contributed by atoms with Crippen LogP contribution in [-0.2, 0) is 30.6 Å². The SMILES string of the molecule is CC(=O)N1CCc2c(sc(NC(=O)c3ccc4c(c3)CCCC4)c2-c2nc3ccccc3s2)C1. The molecule has 0 saturated carbocycles. The molecule has 2 aromatic carbocycles. The second-order valence-corrected chi connectivity index (χ2v) is 11.2. The molecule has 172 valence electrons. The van der Waals surface area contributed by atoms with Crippen molar-refractivity contribution < 1.29 is 9.59 Å². The van der Waals surface area contributed by atoms with Crippen LogP contribution >= 0.6 is 22.7 Å². The summed E-state index contributed by atoms with van der Waals surface area (Å²) < 4.78 is 1.13. The minimum Gasteiger partial charge on any atom is -0.337 e. The van der Waals surface area contributed by atoms with E-state index in [0.717, 1.165) is 49.9 Å². The average Bonchev–Trinajstić information content (AvgIpc) is 3.43. The van der Waals surface area contributed by atoms with Crippen LogP contribution in [0.25, 0.3) is 20.8 Å². The molecule has 4 aromatic rings. The second-order valence-electron chi connectivity index (χ2n) is 9.03. The number of thiazole rings is 1. The predicted molar refractivity (Wildman–Crippen MR) is 139 cm³/mol. The minimum atomic E-state index is -0.0854. The van der Waals surface area contributed by atoms with E-state index in [1.165, 1.54) is 29.5 Å². The van der Waals surface area contributed by atoms with Gasteiger partial charge in [0.2, 0.25) is 5.91 Å². The van der Waals surface area contributed by atoms with Gasteiger partial charge in [-0.2, -0.15) is 0 Å². The number of amides is 2. The molecule has 6 rings (SSSR count). The first-order valence-corrected chi connectivity index (χ1v) is 13.4. The van der Waals surface area contributed by atoms with E-state index < -0.39 is 0 Å². The maximum absolute atomic E-state index is 13.4. The van der Waals surface area contributed by atoms with Gasteiger partial charge < -0.3 is 10.2 Å². The highest BCUT2D eigenvalue weighted by molar-refractivity contribution is 7.23. The highest BCUT2D eigenvalue weighted by Crippen LogP contribution is 2.45. The van der Waals surface area contributed by atoms with Crippen molar-refractivity contribution in [1.29, 1.82) is 0 Å². The van der Waals surface area contributed by atoms with Crippen LogP contribution in [0.5, 0.6) is 0 Å². The molecule has 34 heavy (non-hydrogen) atoms. The summed E-state index contributed by atoms with van der Waals surface area (Å²) in [7, 11) is 0. The number of hydrogen-bond donors (Lipinski definition) is 1. The van der Waals surface area contributed by atoms with Gasteiger partial charge in [-0.05, 0) is 73.1 Å². The predicted octanol–water partition coefficient (Wildman–Crippen LogP) is 6.06. The van der Waals surface area contributed by atoms with Gasteiger partial charge in [-0.3, -0.25) is 9.59 Å². The van der Waals surface area contributed by atoms with Gasteiger partial charge in [0.25, 0.3) is 5.91 Å². The molecule has 1 aliphatic heterocycles. The highest BCUT2D eigenvalue weighted by atomic mass is 32.1. The maximum Gasteiger partial charge on any atom is 0.256 e. The number of benzene rings is 2. The Bertz CT molecular complexity index is 1400. The molecule has 0 saturated heterocycles. The standard InChI is InChI=1S/C27H25N3O2S2/c1-16(31)30-13-12-20-23(15-30)34-27(24(20)26-28-21-8-4-5-9-22(21)33-26)29-25(32)19-11-10-17-6-2-3-7-18(17)14-19/h4-5,8-11,14H,2-3,6-7,12-13,15H2,1H3,(H,29,32). The second kappa shape index (κ2) is 8.64. The molecule has 5 nitrogen and oxygen atoms in total. The number of nitrogens with one attached hydrogen (secondary N) is 1. The third kappa shape index (κ3) is 3.83. The Morgan fingerprint density at radius 1 is 1.00 bits per heavy atom. The first-order chi connectivity index (χ1) is 16.6. The normalized spacial score (nSPS) is 15.1. The number of rotatable bonds is 3. The largest absolute Gasteiger partial charge is 0.337 e. The molecule has 0 bridgehead atoms. The fourth-order valence-corrected chi connectivity index (χ4v) is 7.38. The molecular weight excluding hydrogens is 462 g/mol. The zero-order chi connectivity index (χ0) is 23.2. The van der Waals surface area contributed by atoms with Gasteiger partial charge in [0.15, 0.2) is 0 Å². The number of hydrogen-bond acceptors (Lipinski definition) is 5. The number of nitrogens with zero attached hydrogens (tertiary/aromatic N) is 2. The third-order valence-corrected chi connectivity index (χ3v) is 9.03. The van der Waals surface area contributed by atoms with E-state index in [9.17, 15) is 9.59 Å². The van der Waals surface area contributed by atoms with Gasteiger partial charge >= 0.3 is 0 Å². The first kappa shape index (κ1) is 21.5. The molecule has 2 aliphatic rings. The van der Waals surface area contributed by atoms with E-state index in [0.29, 0.717) is 18.7 Å². The van der Waals surface area contributed by atoms with E-state index in [-0.39, 0.29) is 11.8 Å². The van der Waals surface area contributed by atoms with Crippen LogP contribution < -0.4 is 5.32 Å². The van der Waals surface area contributed by atoms with Crippen LogP contribution in [0.2, 0.25) is 0 Å². The number of aromatic nitrogens is 1. The summed E-state index contributed by atoms with van der Waals surface area (Å²) in [6.45, 7) is 2.89. The van der Waals surface area contributed by atoms with Crippen LogP contribution in [0.1, 0.15) is 51.7 Å². The molecule has 2 aromatic heterocycles. The molecule has 0 radical (unpaired) electrons. The van der Waals surface area contributed by atoms with Crippen molar-refractivity contribution in [2.45, 2.75) is 45.6 Å². The van der Waals surface area contributed by atoms with E-state index in [4.69, 9.17) is 4.98 Å². The van der Waals surface area contributed by atoms with Crippen molar-refractivity contribution in [1.82, 2.24) is 9.88 Å². The molecule has 3 heterocycles. The lowest BCUT2D eigenvalue weighted by molar-refractivity contribution is -0.129.